The Hall–Kier alpha value is -4.01. The second kappa shape index (κ2) is 15.4. The first-order valence-electron chi connectivity index (χ1n) is 12.5. The lowest BCUT2D eigenvalue weighted by molar-refractivity contribution is -0.142. The van der Waals surface area contributed by atoms with Crippen LogP contribution in [0.2, 0.25) is 0 Å². The fraction of sp³-hybridized carbons (Fsp3) is 0.480. The highest BCUT2D eigenvalue weighted by Gasteiger charge is 2.30. The van der Waals surface area contributed by atoms with Crippen LogP contribution in [-0.4, -0.2) is 87.3 Å². The van der Waals surface area contributed by atoms with E-state index < -0.39 is 60.4 Å². The summed E-state index contributed by atoms with van der Waals surface area (Å²) in [5.41, 5.74) is 12.7. The van der Waals surface area contributed by atoms with Gasteiger partial charge in [0, 0.05) is 29.9 Å². The number of benzene rings is 1. The van der Waals surface area contributed by atoms with Crippen LogP contribution in [0.25, 0.3) is 10.9 Å². The molecule has 4 unspecified atom stereocenters. The van der Waals surface area contributed by atoms with Gasteiger partial charge in [-0.15, -0.1) is 0 Å². The summed E-state index contributed by atoms with van der Waals surface area (Å²) in [6.45, 7) is -0.483. The Morgan fingerprint density at radius 2 is 1.51 bits per heavy atom. The molecule has 0 saturated heterocycles. The van der Waals surface area contributed by atoms with Crippen molar-refractivity contribution in [3.63, 3.8) is 0 Å². The van der Waals surface area contributed by atoms with Gasteiger partial charge in [0.15, 0.2) is 0 Å². The zero-order chi connectivity index (χ0) is 28.9. The lowest BCUT2D eigenvalue weighted by Gasteiger charge is -2.24. The summed E-state index contributed by atoms with van der Waals surface area (Å²) in [5, 5.41) is 36.1. The molecule has 14 heteroatoms. The number of hydrogen-bond donors (Lipinski definition) is 9. The summed E-state index contributed by atoms with van der Waals surface area (Å²) in [4.78, 5) is 63.9. The molecule has 1 aromatic heterocycles. The maximum Gasteiger partial charge on any atom is 0.326 e. The number of para-hydroxylation sites is 1. The van der Waals surface area contributed by atoms with Gasteiger partial charge in [0.2, 0.25) is 17.7 Å². The number of carbonyl (C=O) groups excluding carboxylic acids is 3. The van der Waals surface area contributed by atoms with Crippen molar-refractivity contribution < 1.29 is 39.3 Å². The Balaban J connectivity index is 2.10. The van der Waals surface area contributed by atoms with Gasteiger partial charge < -0.3 is 47.7 Å². The first kappa shape index (κ1) is 31.2. The minimum absolute atomic E-state index is 0.0158. The van der Waals surface area contributed by atoms with E-state index in [0.29, 0.717) is 24.9 Å². The standard InChI is InChI=1S/C25H36N6O8/c26-10-4-3-7-18(29-24(37)20(13-32)31-22(35)16(27)8-9-21(33)34)23(36)30-19(25(38)39)11-14-12-28-17-6-2-1-5-15(14)17/h1-2,5-6,12,16,18-20,28,32H,3-4,7-11,13,26-27H2,(H,29,37)(H,30,36)(H,31,35)(H,33,34)(H,38,39). The van der Waals surface area contributed by atoms with Crippen LogP contribution >= 0.6 is 0 Å². The fourth-order valence-electron chi connectivity index (χ4n) is 3.91. The number of carboxylic acids is 2. The van der Waals surface area contributed by atoms with E-state index in [1.165, 1.54) is 0 Å². The molecule has 2 rings (SSSR count). The number of aliphatic hydroxyl groups excluding tert-OH is 1. The van der Waals surface area contributed by atoms with Crippen molar-refractivity contribution >= 4 is 40.6 Å². The first-order chi connectivity index (χ1) is 18.6. The number of carboxylic acid groups (broad SMARTS) is 2. The molecule has 0 aliphatic heterocycles. The molecule has 2 aromatic rings. The maximum atomic E-state index is 13.1. The second-order valence-corrected chi connectivity index (χ2v) is 9.09. The predicted octanol–water partition coefficient (Wildman–Crippen LogP) is -1.44. The molecule has 214 valence electrons. The van der Waals surface area contributed by atoms with Gasteiger partial charge in [0.25, 0.3) is 0 Å². The molecular formula is C25H36N6O8. The average molecular weight is 549 g/mol. The number of fused-ring (bicyclic) bond motifs is 1. The molecule has 3 amide bonds. The Bertz CT molecular complexity index is 1150. The van der Waals surface area contributed by atoms with Crippen molar-refractivity contribution in [3.8, 4) is 0 Å². The zero-order valence-corrected chi connectivity index (χ0v) is 21.4. The molecule has 0 aliphatic carbocycles. The quantitative estimate of drug-likeness (QED) is 0.104. The van der Waals surface area contributed by atoms with Gasteiger partial charge in [-0.05, 0) is 43.9 Å². The van der Waals surface area contributed by atoms with Gasteiger partial charge in [-0.1, -0.05) is 18.2 Å². The third kappa shape index (κ3) is 9.67. The minimum Gasteiger partial charge on any atom is -0.481 e. The van der Waals surface area contributed by atoms with Crippen molar-refractivity contribution in [3.05, 3.63) is 36.0 Å². The Morgan fingerprint density at radius 1 is 0.872 bits per heavy atom. The summed E-state index contributed by atoms with van der Waals surface area (Å²) in [7, 11) is 0. The summed E-state index contributed by atoms with van der Waals surface area (Å²) in [5.74, 6) is -4.91. The third-order valence-electron chi connectivity index (χ3n) is 6.11. The lowest BCUT2D eigenvalue weighted by Crippen LogP contribution is -2.58. The fourth-order valence-corrected chi connectivity index (χ4v) is 3.91. The van der Waals surface area contributed by atoms with Crippen LogP contribution in [0.1, 0.15) is 37.7 Å². The van der Waals surface area contributed by atoms with Crippen LogP contribution in [0.3, 0.4) is 0 Å². The molecule has 0 bridgehead atoms. The highest BCUT2D eigenvalue weighted by atomic mass is 16.4. The normalized spacial score (nSPS) is 14.1. The van der Waals surface area contributed by atoms with E-state index in [2.05, 4.69) is 20.9 Å². The largest absolute Gasteiger partial charge is 0.481 e. The van der Waals surface area contributed by atoms with Gasteiger partial charge in [-0.2, -0.15) is 0 Å². The number of aromatic nitrogens is 1. The average Bonchev–Trinajstić information content (AvgIpc) is 3.31. The summed E-state index contributed by atoms with van der Waals surface area (Å²) < 4.78 is 0. The van der Waals surface area contributed by atoms with Crippen LogP contribution < -0.4 is 27.4 Å². The zero-order valence-electron chi connectivity index (χ0n) is 21.4. The van der Waals surface area contributed by atoms with E-state index in [9.17, 15) is 34.2 Å². The summed E-state index contributed by atoms with van der Waals surface area (Å²) in [6.07, 6.45) is 2.20. The molecule has 0 fully saturated rings. The van der Waals surface area contributed by atoms with Crippen molar-refractivity contribution in [2.24, 2.45) is 11.5 Å². The number of rotatable bonds is 17. The van der Waals surface area contributed by atoms with Gasteiger partial charge in [-0.3, -0.25) is 19.2 Å². The van der Waals surface area contributed by atoms with Crippen molar-refractivity contribution in [1.82, 2.24) is 20.9 Å². The van der Waals surface area contributed by atoms with E-state index in [0.717, 1.165) is 10.9 Å². The number of aromatic amines is 1. The highest BCUT2D eigenvalue weighted by Crippen LogP contribution is 2.19. The highest BCUT2D eigenvalue weighted by molar-refractivity contribution is 5.94. The molecule has 1 aromatic carbocycles. The number of aliphatic carboxylic acids is 2. The molecule has 4 atom stereocenters. The third-order valence-corrected chi connectivity index (χ3v) is 6.11. The Morgan fingerprint density at radius 3 is 2.15 bits per heavy atom. The maximum absolute atomic E-state index is 13.1. The number of nitrogens with one attached hydrogen (secondary N) is 4. The van der Waals surface area contributed by atoms with E-state index >= 15 is 0 Å². The molecule has 0 saturated carbocycles. The van der Waals surface area contributed by atoms with Gasteiger partial charge in [0.1, 0.15) is 18.1 Å². The van der Waals surface area contributed by atoms with Crippen LogP contribution in [-0.2, 0) is 30.4 Å². The molecule has 0 spiro atoms. The second-order valence-electron chi connectivity index (χ2n) is 9.09. The predicted molar refractivity (Wildman–Crippen MR) is 140 cm³/mol. The summed E-state index contributed by atoms with van der Waals surface area (Å²) in [6, 6.07) is 2.13. The number of H-pyrrole nitrogens is 1. The van der Waals surface area contributed by atoms with Crippen molar-refractivity contribution in [2.45, 2.75) is 62.7 Å². The molecule has 1 heterocycles. The monoisotopic (exact) mass is 548 g/mol. The number of nitrogens with two attached hydrogens (primary N) is 2. The van der Waals surface area contributed by atoms with Crippen LogP contribution in [0.15, 0.2) is 30.5 Å². The molecule has 14 nitrogen and oxygen atoms in total. The molecule has 0 radical (unpaired) electrons. The van der Waals surface area contributed by atoms with E-state index in [4.69, 9.17) is 16.6 Å². The summed E-state index contributed by atoms with van der Waals surface area (Å²) >= 11 is 0. The van der Waals surface area contributed by atoms with Crippen LogP contribution in [0.4, 0.5) is 0 Å². The van der Waals surface area contributed by atoms with Crippen molar-refractivity contribution in [2.75, 3.05) is 13.2 Å². The van der Waals surface area contributed by atoms with Gasteiger partial charge in [-0.25, -0.2) is 4.79 Å². The van der Waals surface area contributed by atoms with Gasteiger partial charge in [0.05, 0.1) is 12.6 Å². The van der Waals surface area contributed by atoms with Crippen molar-refractivity contribution in [1.29, 1.82) is 0 Å². The molecule has 11 N–H and O–H groups in total. The van der Waals surface area contributed by atoms with Crippen LogP contribution in [0, 0.1) is 0 Å². The molecule has 39 heavy (non-hydrogen) atoms. The topological polar surface area (TPSA) is 250 Å². The van der Waals surface area contributed by atoms with E-state index in [-0.39, 0.29) is 25.7 Å². The van der Waals surface area contributed by atoms with E-state index in [1.807, 2.05) is 24.3 Å². The number of amides is 3. The Labute approximate surface area is 224 Å². The number of aliphatic hydroxyl groups is 1. The minimum atomic E-state index is -1.47. The molecular weight excluding hydrogens is 512 g/mol. The molecule has 0 aliphatic rings. The first-order valence-corrected chi connectivity index (χ1v) is 12.5. The smallest absolute Gasteiger partial charge is 0.326 e. The number of unbranched alkanes of at least 4 members (excludes halogenated alkanes) is 1. The number of carbonyl (C=O) groups is 5. The van der Waals surface area contributed by atoms with Crippen LogP contribution in [0.5, 0.6) is 0 Å². The van der Waals surface area contributed by atoms with E-state index in [1.54, 1.807) is 6.20 Å². The SMILES string of the molecule is NCCCCC(NC(=O)C(CO)NC(=O)C(N)CCC(=O)O)C(=O)NC(Cc1c[nH]c2ccccc12)C(=O)O. The lowest BCUT2D eigenvalue weighted by atomic mass is 10.0. The Kier molecular flexibility index (Phi) is 12.3. The van der Waals surface area contributed by atoms with Gasteiger partial charge >= 0.3 is 11.9 Å². The number of hydrogen-bond acceptors (Lipinski definition) is 8.